The molecule has 0 saturated carbocycles. The Morgan fingerprint density at radius 2 is 1.94 bits per heavy atom. The summed E-state index contributed by atoms with van der Waals surface area (Å²) in [6.45, 7) is 5.44. The van der Waals surface area contributed by atoms with Crippen molar-refractivity contribution in [3.8, 4) is 11.5 Å². The lowest BCUT2D eigenvalue weighted by Gasteiger charge is -2.32. The maximum Gasteiger partial charge on any atom is 0.222 e. The van der Waals surface area contributed by atoms with Gasteiger partial charge in [0.05, 0.1) is 0 Å². The van der Waals surface area contributed by atoms with Crippen LogP contribution < -0.4 is 15.2 Å². The van der Waals surface area contributed by atoms with E-state index in [1.807, 2.05) is 24.0 Å². The monoisotopic (exact) mass is 546 g/mol. The molecule has 180 valence electrons. The number of carbonyl (C=O) groups is 1. The highest BCUT2D eigenvalue weighted by Gasteiger charge is 2.24. The summed E-state index contributed by atoms with van der Waals surface area (Å²) in [5.74, 6) is 2.64. The summed E-state index contributed by atoms with van der Waals surface area (Å²) in [5.41, 5.74) is 7.48. The molecule has 2 N–H and O–H groups in total. The number of benzene rings is 1. The molecule has 4 heterocycles. The number of piperidine rings is 1. The Kier molecular flexibility index (Phi) is 6.82. The van der Waals surface area contributed by atoms with Crippen LogP contribution in [0.1, 0.15) is 32.6 Å². The van der Waals surface area contributed by atoms with Crippen LogP contribution in [0.5, 0.6) is 11.5 Å². The largest absolute Gasteiger partial charge is 0.486 e. The summed E-state index contributed by atoms with van der Waals surface area (Å²) < 4.78 is 14.5. The van der Waals surface area contributed by atoms with Crippen LogP contribution in [0.2, 0.25) is 0 Å². The van der Waals surface area contributed by atoms with E-state index in [4.69, 9.17) is 20.2 Å². The fourth-order valence-electron chi connectivity index (χ4n) is 4.44. The fraction of sp³-hybridized carbons (Fsp3) is 0.478. The van der Waals surface area contributed by atoms with E-state index in [9.17, 15) is 4.79 Å². The van der Waals surface area contributed by atoms with E-state index in [0.29, 0.717) is 36.9 Å². The van der Waals surface area contributed by atoms with Crippen molar-refractivity contribution in [1.82, 2.24) is 24.4 Å². The van der Waals surface area contributed by atoms with Gasteiger partial charge in [0.1, 0.15) is 19.5 Å². The predicted octanol–water partition coefficient (Wildman–Crippen LogP) is 4.13. The first kappa shape index (κ1) is 23.2. The fourth-order valence-corrected chi connectivity index (χ4v) is 5.95. The van der Waals surface area contributed by atoms with Crippen molar-refractivity contribution in [2.75, 3.05) is 32.0 Å². The predicted molar refractivity (Wildman–Crippen MR) is 133 cm³/mol. The van der Waals surface area contributed by atoms with Crippen LogP contribution in [0, 0.1) is 5.92 Å². The third-order valence-corrected chi connectivity index (χ3v) is 8.32. The lowest BCUT2D eigenvalue weighted by atomic mass is 9.93. The topological polar surface area (TPSA) is 108 Å². The Hall–Kier alpha value is -2.53. The second kappa shape index (κ2) is 9.99. The molecule has 3 aromatic rings. The number of hydrogen-bond donors (Lipinski definition) is 1. The molecule has 0 bridgehead atoms. The standard InChI is InChI=1S/C23H27BrN6O3S/c1-2-19(31)29-6-3-14(4-7-29)5-8-30-22-20(21(25)26-13-27-22)28-23(30)34-18-12-17-16(11-15(18)24)32-9-10-33-17/h11-14H,2-10H2,1H3,(H2,25,26,27). The average molecular weight is 547 g/mol. The number of anilines is 1. The van der Waals surface area contributed by atoms with E-state index < -0.39 is 0 Å². The van der Waals surface area contributed by atoms with Crippen LogP contribution in [-0.2, 0) is 11.3 Å². The first-order chi connectivity index (χ1) is 16.5. The third-order valence-electron chi connectivity index (χ3n) is 6.35. The van der Waals surface area contributed by atoms with Crippen molar-refractivity contribution in [3.63, 3.8) is 0 Å². The van der Waals surface area contributed by atoms with Crippen LogP contribution >= 0.6 is 27.7 Å². The van der Waals surface area contributed by atoms with Crippen molar-refractivity contribution in [3.05, 3.63) is 22.9 Å². The summed E-state index contributed by atoms with van der Waals surface area (Å²) in [4.78, 5) is 28.4. The summed E-state index contributed by atoms with van der Waals surface area (Å²) in [6.07, 6.45) is 5.08. The third kappa shape index (κ3) is 4.68. The molecule has 1 fully saturated rings. The molecule has 0 aliphatic carbocycles. The first-order valence-corrected chi connectivity index (χ1v) is 13.2. The summed E-state index contributed by atoms with van der Waals surface area (Å²) in [7, 11) is 0. The number of imidazole rings is 1. The molecule has 2 aliphatic rings. The van der Waals surface area contributed by atoms with Crippen molar-refractivity contribution >= 4 is 50.6 Å². The number of rotatable bonds is 6. The van der Waals surface area contributed by atoms with Gasteiger partial charge in [-0.15, -0.1) is 0 Å². The van der Waals surface area contributed by atoms with E-state index in [1.54, 1.807) is 0 Å². The number of aromatic nitrogens is 4. The molecule has 2 aliphatic heterocycles. The lowest BCUT2D eigenvalue weighted by Crippen LogP contribution is -2.38. The minimum absolute atomic E-state index is 0.245. The molecule has 34 heavy (non-hydrogen) atoms. The highest BCUT2D eigenvalue weighted by atomic mass is 79.9. The van der Waals surface area contributed by atoms with Gasteiger partial charge in [0.25, 0.3) is 0 Å². The molecule has 9 nitrogen and oxygen atoms in total. The number of ether oxygens (including phenoxy) is 2. The van der Waals surface area contributed by atoms with Crippen molar-refractivity contribution < 1.29 is 14.3 Å². The lowest BCUT2D eigenvalue weighted by molar-refractivity contribution is -0.132. The van der Waals surface area contributed by atoms with Crippen molar-refractivity contribution in [2.45, 2.75) is 49.2 Å². The molecule has 1 aromatic carbocycles. The summed E-state index contributed by atoms with van der Waals surface area (Å²) >= 11 is 5.20. The Balaban J connectivity index is 1.38. The molecule has 0 radical (unpaired) electrons. The number of nitrogens with zero attached hydrogens (tertiary/aromatic N) is 5. The molecule has 2 aromatic heterocycles. The van der Waals surface area contributed by atoms with Gasteiger partial charge in [-0.3, -0.25) is 4.79 Å². The highest BCUT2D eigenvalue weighted by Crippen LogP contribution is 2.42. The van der Waals surface area contributed by atoms with Gasteiger partial charge in [-0.25, -0.2) is 15.0 Å². The number of fused-ring (bicyclic) bond motifs is 2. The Morgan fingerprint density at radius 1 is 1.21 bits per heavy atom. The molecule has 11 heteroatoms. The SMILES string of the molecule is CCC(=O)N1CCC(CCn2c(Sc3cc4c(cc3Br)OCCO4)nc3c(N)ncnc32)CC1. The Labute approximate surface area is 210 Å². The zero-order valence-corrected chi connectivity index (χ0v) is 21.4. The van der Waals surface area contributed by atoms with Crippen LogP contribution in [0.25, 0.3) is 11.2 Å². The quantitative estimate of drug-likeness (QED) is 0.491. The molecule has 0 atom stereocenters. The number of carbonyl (C=O) groups excluding carboxylic acids is 1. The molecular weight excluding hydrogens is 520 g/mol. The van der Waals surface area contributed by atoms with E-state index >= 15 is 0 Å². The van der Waals surface area contributed by atoms with E-state index in [2.05, 4.69) is 30.5 Å². The van der Waals surface area contributed by atoms with Gasteiger partial charge in [-0.1, -0.05) is 18.7 Å². The number of hydrogen-bond acceptors (Lipinski definition) is 8. The van der Waals surface area contributed by atoms with Crippen LogP contribution in [0.15, 0.2) is 33.0 Å². The highest BCUT2D eigenvalue weighted by molar-refractivity contribution is 9.10. The second-order valence-electron chi connectivity index (χ2n) is 8.47. The van der Waals surface area contributed by atoms with E-state index in [-0.39, 0.29) is 5.91 Å². The van der Waals surface area contributed by atoms with Crippen molar-refractivity contribution in [2.24, 2.45) is 5.92 Å². The molecule has 1 saturated heterocycles. The van der Waals surface area contributed by atoms with Crippen LogP contribution in [-0.4, -0.2) is 56.6 Å². The van der Waals surface area contributed by atoms with Gasteiger partial charge in [-0.05, 0) is 53.2 Å². The molecule has 1 amide bonds. The van der Waals surface area contributed by atoms with Gasteiger partial charge < -0.3 is 24.7 Å². The number of halogens is 1. The molecule has 0 unspecified atom stereocenters. The smallest absolute Gasteiger partial charge is 0.222 e. The zero-order chi connectivity index (χ0) is 23.7. The number of aryl methyl sites for hydroxylation is 1. The Morgan fingerprint density at radius 3 is 2.68 bits per heavy atom. The second-order valence-corrected chi connectivity index (χ2v) is 10.3. The molecule has 0 spiro atoms. The molecule has 5 rings (SSSR count). The minimum atomic E-state index is 0.245. The minimum Gasteiger partial charge on any atom is -0.486 e. The van der Waals surface area contributed by atoms with Gasteiger partial charge in [0.2, 0.25) is 5.91 Å². The van der Waals surface area contributed by atoms with Crippen LogP contribution in [0.3, 0.4) is 0 Å². The van der Waals surface area contributed by atoms with Crippen LogP contribution in [0.4, 0.5) is 5.82 Å². The maximum absolute atomic E-state index is 12.0. The van der Waals surface area contributed by atoms with Crippen molar-refractivity contribution in [1.29, 1.82) is 0 Å². The number of likely N-dealkylation sites (tertiary alicyclic amines) is 1. The van der Waals surface area contributed by atoms with Gasteiger partial charge in [0, 0.05) is 35.4 Å². The maximum atomic E-state index is 12.0. The summed E-state index contributed by atoms with van der Waals surface area (Å²) in [6, 6.07) is 3.91. The zero-order valence-electron chi connectivity index (χ0n) is 19.0. The first-order valence-electron chi connectivity index (χ1n) is 11.5. The van der Waals surface area contributed by atoms with Gasteiger partial charge >= 0.3 is 0 Å². The molecular formula is C23H27BrN6O3S. The number of nitrogens with two attached hydrogens (primary N) is 1. The average Bonchev–Trinajstić information content (AvgIpc) is 3.21. The van der Waals surface area contributed by atoms with Gasteiger partial charge in [0.15, 0.2) is 33.6 Å². The normalized spacial score (nSPS) is 16.2. The number of nitrogen functional groups attached to an aromatic ring is 1. The van der Waals surface area contributed by atoms with Gasteiger partial charge in [-0.2, -0.15) is 0 Å². The number of amides is 1. The summed E-state index contributed by atoms with van der Waals surface area (Å²) in [5, 5.41) is 0.804. The Bertz CT molecular complexity index is 1210. The van der Waals surface area contributed by atoms with E-state index in [0.717, 1.165) is 70.6 Å². The van der Waals surface area contributed by atoms with E-state index in [1.165, 1.54) is 18.1 Å².